The molecule has 1 saturated carbocycles. The van der Waals surface area contributed by atoms with Crippen LogP contribution >= 0.6 is 0 Å². The summed E-state index contributed by atoms with van der Waals surface area (Å²) in [5.41, 5.74) is 0. The lowest BCUT2D eigenvalue weighted by Crippen LogP contribution is -2.44. The first-order valence-corrected chi connectivity index (χ1v) is 7.54. The minimum Gasteiger partial charge on any atom is -0.369 e. The van der Waals surface area contributed by atoms with Gasteiger partial charge in [-0.1, -0.05) is 6.92 Å². The Kier molecular flexibility index (Phi) is 5.48. The van der Waals surface area contributed by atoms with E-state index in [4.69, 9.17) is 4.74 Å². The number of amides is 1. The van der Waals surface area contributed by atoms with Crippen molar-refractivity contribution < 1.29 is 22.7 Å². The highest BCUT2D eigenvalue weighted by Gasteiger charge is 2.34. The van der Waals surface area contributed by atoms with Crippen LogP contribution in [0.4, 0.5) is 13.2 Å². The lowest BCUT2D eigenvalue weighted by molar-refractivity contribution is -0.188. The molecule has 1 heterocycles. The molecule has 7 heteroatoms. The van der Waals surface area contributed by atoms with Crippen LogP contribution in [0.5, 0.6) is 0 Å². The molecule has 21 heavy (non-hydrogen) atoms. The molecule has 2 N–H and O–H groups in total. The van der Waals surface area contributed by atoms with Crippen molar-refractivity contribution in [2.45, 2.75) is 50.9 Å². The lowest BCUT2D eigenvalue weighted by atomic mass is 9.91. The Labute approximate surface area is 122 Å². The van der Waals surface area contributed by atoms with Crippen LogP contribution in [-0.2, 0) is 9.53 Å². The summed E-state index contributed by atoms with van der Waals surface area (Å²) in [4.78, 5) is 12.2. The van der Waals surface area contributed by atoms with Crippen LogP contribution in [0.15, 0.2) is 0 Å². The molecule has 0 spiro atoms. The summed E-state index contributed by atoms with van der Waals surface area (Å²) in [5.74, 6) is 0.265. The van der Waals surface area contributed by atoms with Gasteiger partial charge in [-0.25, -0.2) is 0 Å². The molecule has 4 nitrogen and oxygen atoms in total. The van der Waals surface area contributed by atoms with Gasteiger partial charge in [0.2, 0.25) is 5.91 Å². The summed E-state index contributed by atoms with van der Waals surface area (Å²) in [5, 5.41) is 6.15. The quantitative estimate of drug-likeness (QED) is 0.833. The van der Waals surface area contributed by atoms with Crippen molar-refractivity contribution in [2.75, 3.05) is 19.7 Å². The van der Waals surface area contributed by atoms with Gasteiger partial charge in [0.05, 0.1) is 12.0 Å². The summed E-state index contributed by atoms with van der Waals surface area (Å²) in [6, 6.07) is -0.0720. The summed E-state index contributed by atoms with van der Waals surface area (Å²) in [6.07, 6.45) is -2.01. The maximum Gasteiger partial charge on any atom is 0.411 e. The third-order valence-corrected chi connectivity index (χ3v) is 4.31. The maximum atomic E-state index is 12.2. The molecule has 0 bridgehead atoms. The number of carbonyl (C=O) groups is 1. The SMILES string of the molecule is C[C@@H]1CNC[C@H]1C(=O)NC1CCCC(OCC(F)(F)F)C1. The largest absolute Gasteiger partial charge is 0.411 e. The van der Waals surface area contributed by atoms with Gasteiger partial charge in [-0.2, -0.15) is 13.2 Å². The highest BCUT2D eigenvalue weighted by molar-refractivity contribution is 5.79. The molecule has 1 saturated heterocycles. The second-order valence-electron chi connectivity index (χ2n) is 6.16. The minimum atomic E-state index is -4.29. The molecular formula is C14H23F3N2O2. The molecule has 1 amide bonds. The fraction of sp³-hybridized carbons (Fsp3) is 0.929. The number of hydrogen-bond acceptors (Lipinski definition) is 3. The van der Waals surface area contributed by atoms with E-state index < -0.39 is 18.9 Å². The van der Waals surface area contributed by atoms with E-state index in [1.165, 1.54) is 0 Å². The molecule has 1 aliphatic carbocycles. The number of ether oxygens (including phenoxy) is 1. The number of halogens is 3. The van der Waals surface area contributed by atoms with E-state index in [-0.39, 0.29) is 17.9 Å². The van der Waals surface area contributed by atoms with Crippen molar-refractivity contribution >= 4 is 5.91 Å². The van der Waals surface area contributed by atoms with Crippen LogP contribution in [0.25, 0.3) is 0 Å². The van der Waals surface area contributed by atoms with Crippen LogP contribution in [-0.4, -0.2) is 43.9 Å². The zero-order valence-electron chi connectivity index (χ0n) is 12.2. The molecule has 0 aromatic rings. The number of nitrogens with one attached hydrogen (secondary N) is 2. The minimum absolute atomic E-state index is 0.00831. The van der Waals surface area contributed by atoms with Crippen molar-refractivity contribution in [3.05, 3.63) is 0 Å². The highest BCUT2D eigenvalue weighted by atomic mass is 19.4. The third kappa shape index (κ3) is 5.14. The maximum absolute atomic E-state index is 12.2. The Balaban J connectivity index is 1.77. The van der Waals surface area contributed by atoms with Crippen LogP contribution in [0.3, 0.4) is 0 Å². The predicted molar refractivity (Wildman–Crippen MR) is 71.7 cm³/mol. The molecule has 4 atom stereocenters. The van der Waals surface area contributed by atoms with Gasteiger partial charge < -0.3 is 15.4 Å². The topological polar surface area (TPSA) is 50.4 Å². The normalized spacial score (nSPS) is 33.9. The zero-order chi connectivity index (χ0) is 15.5. The first-order chi connectivity index (χ1) is 9.85. The molecule has 0 radical (unpaired) electrons. The molecule has 122 valence electrons. The predicted octanol–water partition coefficient (Wildman–Crippen LogP) is 1.85. The van der Waals surface area contributed by atoms with Gasteiger partial charge in [0.15, 0.2) is 0 Å². The average Bonchev–Trinajstić information content (AvgIpc) is 2.82. The van der Waals surface area contributed by atoms with E-state index in [9.17, 15) is 18.0 Å². The van der Waals surface area contributed by atoms with E-state index in [2.05, 4.69) is 10.6 Å². The highest BCUT2D eigenvalue weighted by Crippen LogP contribution is 2.25. The summed E-state index contributed by atoms with van der Waals surface area (Å²) < 4.78 is 41.4. The van der Waals surface area contributed by atoms with Gasteiger partial charge >= 0.3 is 6.18 Å². The molecule has 0 aromatic carbocycles. The smallest absolute Gasteiger partial charge is 0.369 e. The van der Waals surface area contributed by atoms with Crippen LogP contribution in [0, 0.1) is 11.8 Å². The fourth-order valence-corrected chi connectivity index (χ4v) is 3.11. The Morgan fingerprint density at radius 2 is 2.10 bits per heavy atom. The Morgan fingerprint density at radius 3 is 2.71 bits per heavy atom. The lowest BCUT2D eigenvalue weighted by Gasteiger charge is -2.31. The standard InChI is InChI=1S/C14H23F3N2O2/c1-9-6-18-7-12(9)13(20)19-10-3-2-4-11(5-10)21-8-14(15,16)17/h9-12,18H,2-8H2,1H3,(H,19,20)/t9-,10?,11?,12-/m1/s1. The van der Waals surface area contributed by atoms with E-state index in [1.807, 2.05) is 6.92 Å². The number of alkyl halides is 3. The first-order valence-electron chi connectivity index (χ1n) is 7.54. The number of hydrogen-bond donors (Lipinski definition) is 2. The Hall–Kier alpha value is -0.820. The molecule has 1 aliphatic heterocycles. The van der Waals surface area contributed by atoms with Crippen molar-refractivity contribution in [1.29, 1.82) is 0 Å². The molecule has 2 fully saturated rings. The summed E-state index contributed by atoms with van der Waals surface area (Å²) >= 11 is 0. The first kappa shape index (κ1) is 16.5. The monoisotopic (exact) mass is 308 g/mol. The molecule has 2 unspecified atom stereocenters. The van der Waals surface area contributed by atoms with Gasteiger partial charge in [-0.3, -0.25) is 4.79 Å². The second-order valence-corrected chi connectivity index (χ2v) is 6.16. The van der Waals surface area contributed by atoms with E-state index in [0.29, 0.717) is 25.3 Å². The van der Waals surface area contributed by atoms with Crippen molar-refractivity contribution in [3.63, 3.8) is 0 Å². The number of carbonyl (C=O) groups excluding carboxylic acids is 1. The Morgan fingerprint density at radius 1 is 1.33 bits per heavy atom. The molecule has 0 aromatic heterocycles. The van der Waals surface area contributed by atoms with Crippen LogP contribution in [0.2, 0.25) is 0 Å². The summed E-state index contributed by atoms with van der Waals surface area (Å²) in [7, 11) is 0. The van der Waals surface area contributed by atoms with Crippen molar-refractivity contribution in [1.82, 2.24) is 10.6 Å². The second kappa shape index (κ2) is 6.96. The van der Waals surface area contributed by atoms with E-state index >= 15 is 0 Å². The van der Waals surface area contributed by atoms with Gasteiger partial charge in [0, 0.05) is 12.6 Å². The Bertz CT molecular complexity index is 363. The molecule has 2 aliphatic rings. The third-order valence-electron chi connectivity index (χ3n) is 4.31. The molecular weight excluding hydrogens is 285 g/mol. The fourth-order valence-electron chi connectivity index (χ4n) is 3.11. The van der Waals surface area contributed by atoms with Crippen molar-refractivity contribution in [3.8, 4) is 0 Å². The van der Waals surface area contributed by atoms with Gasteiger partial charge in [-0.05, 0) is 38.1 Å². The van der Waals surface area contributed by atoms with Gasteiger partial charge in [0.25, 0.3) is 0 Å². The van der Waals surface area contributed by atoms with Crippen LogP contribution in [0.1, 0.15) is 32.6 Å². The molecule has 2 rings (SSSR count). The van der Waals surface area contributed by atoms with E-state index in [0.717, 1.165) is 19.4 Å². The van der Waals surface area contributed by atoms with Gasteiger partial charge in [0.1, 0.15) is 6.61 Å². The number of rotatable bonds is 4. The average molecular weight is 308 g/mol. The van der Waals surface area contributed by atoms with Gasteiger partial charge in [-0.15, -0.1) is 0 Å². The summed E-state index contributed by atoms with van der Waals surface area (Å²) in [6.45, 7) is 2.33. The zero-order valence-corrected chi connectivity index (χ0v) is 12.2. The van der Waals surface area contributed by atoms with Crippen molar-refractivity contribution in [2.24, 2.45) is 11.8 Å². The van der Waals surface area contributed by atoms with E-state index in [1.54, 1.807) is 0 Å². The van der Waals surface area contributed by atoms with Crippen LogP contribution < -0.4 is 10.6 Å².